The molecule has 0 aliphatic rings. The summed E-state index contributed by atoms with van der Waals surface area (Å²) >= 11 is 11.2. The Morgan fingerprint density at radius 1 is 1.14 bits per heavy atom. The Morgan fingerprint density at radius 2 is 1.81 bits per heavy atom. The molecule has 0 heterocycles. The molecule has 2 N–H and O–H groups in total. The van der Waals surface area contributed by atoms with Crippen molar-refractivity contribution in [3.63, 3.8) is 0 Å². The van der Waals surface area contributed by atoms with Gasteiger partial charge in [0.15, 0.2) is 5.11 Å². The molecule has 1 atom stereocenters. The van der Waals surface area contributed by atoms with Crippen LogP contribution in [-0.2, 0) is 0 Å². The fourth-order valence-electron chi connectivity index (χ4n) is 2.00. The Hall–Kier alpha value is -1.78. The zero-order valence-corrected chi connectivity index (χ0v) is 13.5. The average Bonchev–Trinajstić information content (AvgIpc) is 2.49. The first-order valence-electron chi connectivity index (χ1n) is 6.56. The highest BCUT2D eigenvalue weighted by Gasteiger charge is 2.11. The number of ether oxygens (including phenoxy) is 1. The predicted octanol–water partition coefficient (Wildman–Crippen LogP) is 4.40. The van der Waals surface area contributed by atoms with Gasteiger partial charge in [-0.1, -0.05) is 29.8 Å². The predicted molar refractivity (Wildman–Crippen MR) is 92.2 cm³/mol. The summed E-state index contributed by atoms with van der Waals surface area (Å²) in [7, 11) is 1.66. The summed E-state index contributed by atoms with van der Waals surface area (Å²) in [5.41, 5.74) is 1.95. The number of anilines is 1. The zero-order valence-electron chi connectivity index (χ0n) is 11.9. The van der Waals surface area contributed by atoms with E-state index in [1.807, 2.05) is 55.5 Å². The highest BCUT2D eigenvalue weighted by molar-refractivity contribution is 7.80. The fourth-order valence-corrected chi connectivity index (χ4v) is 2.42. The van der Waals surface area contributed by atoms with Gasteiger partial charge in [-0.15, -0.1) is 0 Å². The van der Waals surface area contributed by atoms with Crippen molar-refractivity contribution in [2.75, 3.05) is 12.4 Å². The van der Waals surface area contributed by atoms with Gasteiger partial charge in [-0.05, 0) is 49.5 Å². The van der Waals surface area contributed by atoms with Gasteiger partial charge in [0.1, 0.15) is 5.75 Å². The summed E-state index contributed by atoms with van der Waals surface area (Å²) < 4.78 is 5.36. The second kappa shape index (κ2) is 7.29. The SMILES string of the molecule is COc1ccccc1C(C)NC(=S)Nc1ccc(Cl)cc1. The fraction of sp³-hybridized carbons (Fsp3) is 0.188. The van der Waals surface area contributed by atoms with Crippen LogP contribution in [0.1, 0.15) is 18.5 Å². The third-order valence-electron chi connectivity index (χ3n) is 3.06. The molecule has 0 radical (unpaired) electrons. The number of hydrogen-bond acceptors (Lipinski definition) is 2. The first-order chi connectivity index (χ1) is 10.1. The van der Waals surface area contributed by atoms with Crippen LogP contribution in [0.4, 0.5) is 5.69 Å². The number of benzene rings is 2. The minimum Gasteiger partial charge on any atom is -0.496 e. The largest absolute Gasteiger partial charge is 0.496 e. The van der Waals surface area contributed by atoms with E-state index < -0.39 is 0 Å². The number of rotatable bonds is 4. The Morgan fingerprint density at radius 3 is 2.48 bits per heavy atom. The summed E-state index contributed by atoms with van der Waals surface area (Å²) in [6.07, 6.45) is 0. The van der Waals surface area contributed by atoms with Gasteiger partial charge in [0.25, 0.3) is 0 Å². The molecule has 110 valence electrons. The van der Waals surface area contributed by atoms with Gasteiger partial charge in [-0.25, -0.2) is 0 Å². The number of para-hydroxylation sites is 1. The monoisotopic (exact) mass is 320 g/mol. The lowest BCUT2D eigenvalue weighted by Crippen LogP contribution is -2.31. The van der Waals surface area contributed by atoms with E-state index in [-0.39, 0.29) is 6.04 Å². The first kappa shape index (κ1) is 15.6. The molecule has 3 nitrogen and oxygen atoms in total. The first-order valence-corrected chi connectivity index (χ1v) is 7.35. The zero-order chi connectivity index (χ0) is 15.2. The highest BCUT2D eigenvalue weighted by Crippen LogP contribution is 2.24. The molecule has 0 saturated carbocycles. The molecule has 1 unspecified atom stereocenters. The molecule has 2 aromatic carbocycles. The van der Waals surface area contributed by atoms with Crippen LogP contribution in [0.3, 0.4) is 0 Å². The summed E-state index contributed by atoms with van der Waals surface area (Å²) in [6, 6.07) is 15.3. The lowest BCUT2D eigenvalue weighted by atomic mass is 10.1. The number of hydrogen-bond donors (Lipinski definition) is 2. The summed E-state index contributed by atoms with van der Waals surface area (Å²) in [5, 5.41) is 7.62. The molecule has 2 rings (SSSR count). The van der Waals surface area contributed by atoms with Crippen molar-refractivity contribution in [1.29, 1.82) is 0 Å². The van der Waals surface area contributed by atoms with Crippen LogP contribution in [0.2, 0.25) is 5.02 Å². The van der Waals surface area contributed by atoms with Crippen LogP contribution < -0.4 is 15.4 Å². The third kappa shape index (κ3) is 4.34. The summed E-state index contributed by atoms with van der Waals surface area (Å²) in [4.78, 5) is 0. The second-order valence-corrected chi connectivity index (χ2v) is 5.41. The van der Waals surface area contributed by atoms with Crippen LogP contribution >= 0.6 is 23.8 Å². The minimum atomic E-state index is 0.0356. The normalized spacial score (nSPS) is 11.6. The Bertz CT molecular complexity index is 616. The van der Waals surface area contributed by atoms with Gasteiger partial charge in [-0.2, -0.15) is 0 Å². The quantitative estimate of drug-likeness (QED) is 0.818. The molecular formula is C16H17ClN2OS. The minimum absolute atomic E-state index is 0.0356. The molecule has 0 amide bonds. The maximum Gasteiger partial charge on any atom is 0.171 e. The summed E-state index contributed by atoms with van der Waals surface area (Å²) in [6.45, 7) is 2.04. The van der Waals surface area contributed by atoms with Crippen LogP contribution in [0, 0.1) is 0 Å². The standard InChI is InChI=1S/C16H17ClN2OS/c1-11(14-5-3-4-6-15(14)20-2)18-16(21)19-13-9-7-12(17)8-10-13/h3-11H,1-2H3,(H2,18,19,21). The van der Waals surface area contributed by atoms with Crippen LogP contribution in [0.5, 0.6) is 5.75 Å². The van der Waals surface area contributed by atoms with Crippen LogP contribution in [-0.4, -0.2) is 12.2 Å². The van der Waals surface area contributed by atoms with E-state index in [4.69, 9.17) is 28.6 Å². The highest BCUT2D eigenvalue weighted by atomic mass is 35.5. The van der Waals surface area contributed by atoms with Crippen LogP contribution in [0.25, 0.3) is 0 Å². The van der Waals surface area contributed by atoms with Gasteiger partial charge in [-0.3, -0.25) is 0 Å². The third-order valence-corrected chi connectivity index (χ3v) is 3.53. The molecule has 0 aliphatic heterocycles. The molecule has 0 aromatic heterocycles. The molecule has 0 bridgehead atoms. The van der Waals surface area contributed by atoms with E-state index >= 15 is 0 Å². The van der Waals surface area contributed by atoms with Gasteiger partial charge in [0.2, 0.25) is 0 Å². The van der Waals surface area contributed by atoms with E-state index in [0.717, 1.165) is 17.0 Å². The van der Waals surface area contributed by atoms with Gasteiger partial charge >= 0.3 is 0 Å². The Labute approximate surface area is 135 Å². The van der Waals surface area contributed by atoms with Gasteiger partial charge in [0.05, 0.1) is 13.2 Å². The van der Waals surface area contributed by atoms with Crippen molar-refractivity contribution in [2.45, 2.75) is 13.0 Å². The number of nitrogens with one attached hydrogen (secondary N) is 2. The van der Waals surface area contributed by atoms with E-state index in [9.17, 15) is 0 Å². The van der Waals surface area contributed by atoms with E-state index in [0.29, 0.717) is 10.1 Å². The van der Waals surface area contributed by atoms with Crippen molar-refractivity contribution in [3.8, 4) is 5.75 Å². The van der Waals surface area contributed by atoms with E-state index in [2.05, 4.69) is 10.6 Å². The van der Waals surface area contributed by atoms with Crippen molar-refractivity contribution in [2.24, 2.45) is 0 Å². The maximum absolute atomic E-state index is 5.86. The van der Waals surface area contributed by atoms with Crippen LogP contribution in [0.15, 0.2) is 48.5 Å². The van der Waals surface area contributed by atoms with E-state index in [1.165, 1.54) is 0 Å². The molecule has 21 heavy (non-hydrogen) atoms. The van der Waals surface area contributed by atoms with Crippen molar-refractivity contribution < 1.29 is 4.74 Å². The van der Waals surface area contributed by atoms with Gasteiger partial charge < -0.3 is 15.4 Å². The lowest BCUT2D eigenvalue weighted by molar-refractivity contribution is 0.405. The molecule has 0 aliphatic carbocycles. The number of methoxy groups -OCH3 is 1. The van der Waals surface area contributed by atoms with Crippen molar-refractivity contribution in [3.05, 3.63) is 59.1 Å². The molecule has 5 heteroatoms. The van der Waals surface area contributed by atoms with Crippen molar-refractivity contribution >= 4 is 34.6 Å². The Kier molecular flexibility index (Phi) is 5.42. The number of halogens is 1. The molecule has 2 aromatic rings. The van der Waals surface area contributed by atoms with E-state index in [1.54, 1.807) is 7.11 Å². The number of thiocarbonyl (C=S) groups is 1. The lowest BCUT2D eigenvalue weighted by Gasteiger charge is -2.19. The smallest absolute Gasteiger partial charge is 0.171 e. The molecule has 0 spiro atoms. The molecule has 0 fully saturated rings. The van der Waals surface area contributed by atoms with Crippen molar-refractivity contribution in [1.82, 2.24) is 5.32 Å². The summed E-state index contributed by atoms with van der Waals surface area (Å²) in [5.74, 6) is 0.840. The van der Waals surface area contributed by atoms with Gasteiger partial charge in [0, 0.05) is 16.3 Å². The second-order valence-electron chi connectivity index (χ2n) is 4.57. The Balaban J connectivity index is 2.00. The average molecular weight is 321 g/mol. The topological polar surface area (TPSA) is 33.3 Å². The maximum atomic E-state index is 5.86. The molecular weight excluding hydrogens is 304 g/mol. The molecule has 0 saturated heterocycles.